The molecular formula is C17H17NO2S. The Morgan fingerprint density at radius 1 is 1.10 bits per heavy atom. The van der Waals surface area contributed by atoms with Crippen LogP contribution in [0.3, 0.4) is 0 Å². The van der Waals surface area contributed by atoms with Crippen molar-refractivity contribution in [2.75, 3.05) is 6.54 Å². The number of amides is 1. The van der Waals surface area contributed by atoms with E-state index in [1.165, 1.54) is 22.4 Å². The number of nitrogens with zero attached hydrogens (tertiary/aromatic N) is 1. The molecule has 1 aliphatic carbocycles. The molecule has 0 bridgehead atoms. The Hall–Kier alpha value is -1.81. The van der Waals surface area contributed by atoms with Crippen LogP contribution in [0.15, 0.2) is 24.3 Å². The molecule has 1 N–H and O–H groups in total. The zero-order chi connectivity index (χ0) is 14.4. The molecule has 4 heteroatoms. The highest BCUT2D eigenvalue weighted by atomic mass is 32.1. The van der Waals surface area contributed by atoms with Crippen molar-refractivity contribution in [3.05, 3.63) is 50.7 Å². The summed E-state index contributed by atoms with van der Waals surface area (Å²) in [6, 6.07) is 7.56. The van der Waals surface area contributed by atoms with Gasteiger partial charge in [0.05, 0.1) is 4.88 Å². The van der Waals surface area contributed by atoms with Gasteiger partial charge in [-0.1, -0.05) is 6.07 Å². The van der Waals surface area contributed by atoms with Gasteiger partial charge in [0, 0.05) is 18.0 Å². The number of aryl methyl sites for hydroxylation is 2. The summed E-state index contributed by atoms with van der Waals surface area (Å²) >= 11 is 1.67. The third-order valence-corrected chi connectivity index (χ3v) is 5.67. The lowest BCUT2D eigenvalue weighted by molar-refractivity contribution is 0.0739. The van der Waals surface area contributed by atoms with E-state index in [0.29, 0.717) is 6.54 Å². The van der Waals surface area contributed by atoms with Crippen molar-refractivity contribution in [2.24, 2.45) is 0 Å². The van der Waals surface area contributed by atoms with E-state index in [1.807, 2.05) is 11.0 Å². The van der Waals surface area contributed by atoms with E-state index in [2.05, 4.69) is 6.07 Å². The van der Waals surface area contributed by atoms with E-state index in [1.54, 1.807) is 23.5 Å². The van der Waals surface area contributed by atoms with E-state index >= 15 is 0 Å². The fraction of sp³-hybridized carbons (Fsp3) is 0.353. The van der Waals surface area contributed by atoms with Gasteiger partial charge in [-0.15, -0.1) is 11.3 Å². The van der Waals surface area contributed by atoms with Crippen LogP contribution in [0.5, 0.6) is 5.75 Å². The molecule has 0 radical (unpaired) electrons. The number of carbonyl (C=O) groups is 1. The second-order valence-corrected chi connectivity index (χ2v) is 6.98. The maximum absolute atomic E-state index is 12.7. The van der Waals surface area contributed by atoms with Gasteiger partial charge < -0.3 is 10.0 Å². The Balaban J connectivity index is 1.58. The van der Waals surface area contributed by atoms with Crippen molar-refractivity contribution in [3.8, 4) is 5.75 Å². The number of carbonyl (C=O) groups excluding carboxylic acids is 1. The fourth-order valence-corrected chi connectivity index (χ4v) is 4.53. The van der Waals surface area contributed by atoms with Crippen molar-refractivity contribution in [1.29, 1.82) is 0 Å². The lowest BCUT2D eigenvalue weighted by atomic mass is 9.99. The SMILES string of the molecule is O=C(c1cc2c(s1)CCC2)N1CCc2ccc(O)cc2C1. The molecule has 1 aromatic carbocycles. The third-order valence-electron chi connectivity index (χ3n) is 4.45. The topological polar surface area (TPSA) is 40.5 Å². The smallest absolute Gasteiger partial charge is 0.264 e. The highest BCUT2D eigenvalue weighted by Crippen LogP contribution is 2.32. The van der Waals surface area contributed by atoms with Crippen molar-refractivity contribution in [2.45, 2.75) is 32.2 Å². The lowest BCUT2D eigenvalue weighted by Gasteiger charge is -2.28. The van der Waals surface area contributed by atoms with E-state index < -0.39 is 0 Å². The molecular weight excluding hydrogens is 282 g/mol. The number of hydrogen-bond donors (Lipinski definition) is 1. The second-order valence-electron chi connectivity index (χ2n) is 5.84. The summed E-state index contributed by atoms with van der Waals surface area (Å²) in [7, 11) is 0. The van der Waals surface area contributed by atoms with Crippen LogP contribution in [0.2, 0.25) is 0 Å². The normalized spacial score (nSPS) is 16.7. The van der Waals surface area contributed by atoms with Gasteiger partial charge in [-0.3, -0.25) is 4.79 Å². The molecule has 108 valence electrons. The molecule has 0 unspecified atom stereocenters. The molecule has 1 aromatic heterocycles. The molecule has 0 atom stereocenters. The molecule has 4 rings (SSSR count). The second kappa shape index (κ2) is 4.88. The number of thiophene rings is 1. The summed E-state index contributed by atoms with van der Waals surface area (Å²) in [4.78, 5) is 16.9. The largest absolute Gasteiger partial charge is 0.508 e. The maximum atomic E-state index is 12.7. The number of phenols is 1. The predicted molar refractivity (Wildman–Crippen MR) is 82.9 cm³/mol. The van der Waals surface area contributed by atoms with E-state index in [0.717, 1.165) is 36.2 Å². The zero-order valence-electron chi connectivity index (χ0n) is 11.8. The monoisotopic (exact) mass is 299 g/mol. The van der Waals surface area contributed by atoms with E-state index in [-0.39, 0.29) is 11.7 Å². The Bertz CT molecular complexity index is 698. The van der Waals surface area contributed by atoms with Crippen LogP contribution >= 0.6 is 11.3 Å². The van der Waals surface area contributed by atoms with Crippen LogP contribution in [0, 0.1) is 0 Å². The Morgan fingerprint density at radius 3 is 2.86 bits per heavy atom. The summed E-state index contributed by atoms with van der Waals surface area (Å²) in [5.41, 5.74) is 3.68. The third kappa shape index (κ3) is 2.23. The molecule has 1 amide bonds. The minimum atomic E-state index is 0.142. The van der Waals surface area contributed by atoms with Gasteiger partial charge in [0.2, 0.25) is 0 Å². The quantitative estimate of drug-likeness (QED) is 0.879. The van der Waals surface area contributed by atoms with Crippen molar-refractivity contribution in [1.82, 2.24) is 4.90 Å². The molecule has 2 aliphatic rings. The number of hydrogen-bond acceptors (Lipinski definition) is 3. The highest BCUT2D eigenvalue weighted by molar-refractivity contribution is 7.14. The van der Waals surface area contributed by atoms with Crippen molar-refractivity contribution < 1.29 is 9.90 Å². The number of rotatable bonds is 1. The van der Waals surface area contributed by atoms with Crippen LogP contribution < -0.4 is 0 Å². The molecule has 3 nitrogen and oxygen atoms in total. The van der Waals surface area contributed by atoms with Gasteiger partial charge in [0.15, 0.2) is 0 Å². The van der Waals surface area contributed by atoms with Gasteiger partial charge in [-0.2, -0.15) is 0 Å². The average Bonchev–Trinajstić information content (AvgIpc) is 3.06. The fourth-order valence-electron chi connectivity index (χ4n) is 3.31. The van der Waals surface area contributed by atoms with E-state index in [4.69, 9.17) is 0 Å². The number of benzene rings is 1. The Morgan fingerprint density at radius 2 is 2.00 bits per heavy atom. The standard InChI is InChI=1S/C17H17NO2S/c19-14-5-4-11-6-7-18(10-13(11)8-14)17(20)16-9-12-2-1-3-15(12)21-16/h4-5,8-9,19H,1-3,6-7,10H2. The van der Waals surface area contributed by atoms with E-state index in [9.17, 15) is 9.90 Å². The first kappa shape index (κ1) is 12.9. The molecule has 2 heterocycles. The van der Waals surface area contributed by atoms with Crippen molar-refractivity contribution in [3.63, 3.8) is 0 Å². The predicted octanol–water partition coefficient (Wildman–Crippen LogP) is 3.14. The van der Waals surface area contributed by atoms with Gasteiger partial charge in [0.25, 0.3) is 5.91 Å². The minimum Gasteiger partial charge on any atom is -0.508 e. The highest BCUT2D eigenvalue weighted by Gasteiger charge is 2.25. The van der Waals surface area contributed by atoms with Crippen molar-refractivity contribution >= 4 is 17.2 Å². The number of phenolic OH excluding ortho intramolecular Hbond substituents is 1. The molecule has 0 spiro atoms. The Labute approximate surface area is 127 Å². The molecule has 2 aromatic rings. The molecule has 0 fully saturated rings. The summed E-state index contributed by atoms with van der Waals surface area (Å²) in [5, 5.41) is 9.61. The average molecular weight is 299 g/mol. The number of aromatic hydroxyl groups is 1. The summed E-state index contributed by atoms with van der Waals surface area (Å²) in [5.74, 6) is 0.418. The van der Waals surface area contributed by atoms with Gasteiger partial charge in [-0.05, 0) is 60.6 Å². The molecule has 0 saturated heterocycles. The van der Waals surface area contributed by atoms with Crippen LogP contribution in [-0.2, 0) is 25.8 Å². The van der Waals surface area contributed by atoms with Gasteiger partial charge in [0.1, 0.15) is 5.75 Å². The zero-order valence-corrected chi connectivity index (χ0v) is 12.6. The van der Waals surface area contributed by atoms with Gasteiger partial charge >= 0.3 is 0 Å². The first-order chi connectivity index (χ1) is 10.2. The molecule has 0 saturated carbocycles. The van der Waals surface area contributed by atoms with Crippen LogP contribution in [0.4, 0.5) is 0 Å². The first-order valence-electron chi connectivity index (χ1n) is 7.42. The number of fused-ring (bicyclic) bond motifs is 2. The molecule has 1 aliphatic heterocycles. The van der Waals surface area contributed by atoms with Crippen LogP contribution in [-0.4, -0.2) is 22.5 Å². The molecule has 21 heavy (non-hydrogen) atoms. The summed E-state index contributed by atoms with van der Waals surface area (Å²) < 4.78 is 0. The Kier molecular flexibility index (Phi) is 3.00. The lowest BCUT2D eigenvalue weighted by Crippen LogP contribution is -2.35. The van der Waals surface area contributed by atoms with Crippen LogP contribution in [0.25, 0.3) is 0 Å². The van der Waals surface area contributed by atoms with Gasteiger partial charge in [-0.25, -0.2) is 0 Å². The minimum absolute atomic E-state index is 0.142. The first-order valence-corrected chi connectivity index (χ1v) is 8.24. The van der Waals surface area contributed by atoms with Crippen LogP contribution in [0.1, 0.15) is 37.7 Å². The summed E-state index contributed by atoms with van der Waals surface area (Å²) in [6.07, 6.45) is 4.35. The maximum Gasteiger partial charge on any atom is 0.264 e. The summed E-state index contributed by atoms with van der Waals surface area (Å²) in [6.45, 7) is 1.37.